The number of amides is 2. The number of nitrogens with one attached hydrogen (secondary N) is 2. The number of methoxy groups -OCH3 is 1. The number of hydrogen-bond acceptors (Lipinski definition) is 4. The second-order valence-corrected chi connectivity index (χ2v) is 5.27. The van der Waals surface area contributed by atoms with Crippen molar-refractivity contribution in [2.75, 3.05) is 25.6 Å². The monoisotopic (exact) mass is 312 g/mol. The van der Waals surface area contributed by atoms with Crippen molar-refractivity contribution in [1.29, 1.82) is 0 Å². The lowest BCUT2D eigenvalue weighted by Crippen LogP contribution is -2.58. The van der Waals surface area contributed by atoms with Crippen molar-refractivity contribution in [2.24, 2.45) is 0 Å². The molecule has 1 aromatic carbocycles. The molecule has 0 bridgehead atoms. The van der Waals surface area contributed by atoms with Crippen LogP contribution in [-0.2, 0) is 14.3 Å². The highest BCUT2D eigenvalue weighted by molar-refractivity contribution is 6.31. The number of carbonyl (C=O) groups is 2. The second-order valence-electron chi connectivity index (χ2n) is 4.83. The Bertz CT molecular complexity index is 564. The van der Waals surface area contributed by atoms with Gasteiger partial charge < -0.3 is 20.1 Å². The number of fused-ring (bicyclic) bond motifs is 1. The minimum Gasteiger partial charge on any atom is -0.466 e. The fraction of sp³-hybridized carbons (Fsp3) is 0.429. The van der Waals surface area contributed by atoms with Gasteiger partial charge in [-0.1, -0.05) is 11.6 Å². The van der Waals surface area contributed by atoms with Crippen LogP contribution in [0.3, 0.4) is 0 Å². The molecule has 0 fully saturated rings. The van der Waals surface area contributed by atoms with Crippen molar-refractivity contribution in [2.45, 2.75) is 18.9 Å². The molecule has 7 heteroatoms. The van der Waals surface area contributed by atoms with Gasteiger partial charge in [-0.25, -0.2) is 0 Å². The summed E-state index contributed by atoms with van der Waals surface area (Å²) in [5.41, 5.74) is -1.15. The van der Waals surface area contributed by atoms with E-state index in [9.17, 15) is 9.59 Å². The van der Waals surface area contributed by atoms with Crippen molar-refractivity contribution in [3.05, 3.63) is 23.2 Å². The zero-order valence-electron chi connectivity index (χ0n) is 11.9. The lowest BCUT2D eigenvalue weighted by atomic mass is 10.0. The van der Waals surface area contributed by atoms with Crippen LogP contribution in [0.5, 0.6) is 5.75 Å². The van der Waals surface area contributed by atoms with Crippen LogP contribution in [0.1, 0.15) is 13.3 Å². The van der Waals surface area contributed by atoms with E-state index >= 15 is 0 Å². The Kier molecular flexibility index (Phi) is 4.69. The first-order chi connectivity index (χ1) is 9.97. The summed E-state index contributed by atoms with van der Waals surface area (Å²) in [4.78, 5) is 24.4. The van der Waals surface area contributed by atoms with Gasteiger partial charge in [0, 0.05) is 25.3 Å². The summed E-state index contributed by atoms with van der Waals surface area (Å²) in [5.74, 6) is -0.605. The lowest BCUT2D eigenvalue weighted by molar-refractivity contribution is -0.146. The summed E-state index contributed by atoms with van der Waals surface area (Å²) in [6.07, 6.45) is 0.659. The van der Waals surface area contributed by atoms with E-state index in [-0.39, 0.29) is 0 Å². The van der Waals surface area contributed by atoms with Gasteiger partial charge >= 0.3 is 0 Å². The summed E-state index contributed by atoms with van der Waals surface area (Å²) < 4.78 is 10.5. The van der Waals surface area contributed by atoms with Crippen LogP contribution in [0.2, 0.25) is 5.02 Å². The Morgan fingerprint density at radius 2 is 2.29 bits per heavy atom. The van der Waals surface area contributed by atoms with E-state index in [1.54, 1.807) is 25.3 Å². The van der Waals surface area contributed by atoms with Gasteiger partial charge in [0.1, 0.15) is 5.75 Å². The molecule has 0 aromatic heterocycles. The molecule has 0 saturated heterocycles. The molecule has 21 heavy (non-hydrogen) atoms. The van der Waals surface area contributed by atoms with Crippen molar-refractivity contribution >= 4 is 29.1 Å². The van der Waals surface area contributed by atoms with Crippen LogP contribution >= 0.6 is 11.6 Å². The summed E-state index contributed by atoms with van der Waals surface area (Å²) in [6, 6.07) is 4.83. The summed E-state index contributed by atoms with van der Waals surface area (Å²) >= 11 is 5.86. The Morgan fingerprint density at radius 3 is 3.00 bits per heavy atom. The maximum atomic E-state index is 12.2. The fourth-order valence-electron chi connectivity index (χ4n) is 1.93. The molecule has 0 spiro atoms. The molecular weight excluding hydrogens is 296 g/mol. The number of ether oxygens (including phenoxy) is 2. The highest BCUT2D eigenvalue weighted by Gasteiger charge is 2.47. The number of halogens is 1. The molecule has 1 aliphatic heterocycles. The molecule has 2 N–H and O–H groups in total. The molecule has 114 valence electrons. The standard InChI is InChI=1S/C14H17ClN2O4/c1-14(12(18)16-6-3-7-20-2)13(19)17-10-8-9(15)4-5-11(10)21-14/h4-5,8H,3,6-7H2,1-2H3,(H,16,18)(H,17,19)/t14-/m0/s1. The van der Waals surface area contributed by atoms with Gasteiger partial charge in [0.15, 0.2) is 0 Å². The van der Waals surface area contributed by atoms with Crippen LogP contribution in [0.15, 0.2) is 18.2 Å². The van der Waals surface area contributed by atoms with E-state index in [0.29, 0.717) is 36.0 Å². The molecule has 1 aliphatic rings. The van der Waals surface area contributed by atoms with Gasteiger partial charge in [0.2, 0.25) is 0 Å². The number of benzene rings is 1. The van der Waals surface area contributed by atoms with Gasteiger partial charge in [-0.2, -0.15) is 0 Å². The molecule has 0 aliphatic carbocycles. The third kappa shape index (κ3) is 3.28. The maximum absolute atomic E-state index is 12.2. The molecule has 0 radical (unpaired) electrons. The number of anilines is 1. The molecule has 2 amide bonds. The van der Waals surface area contributed by atoms with Crippen molar-refractivity contribution in [3.63, 3.8) is 0 Å². The van der Waals surface area contributed by atoms with Crippen LogP contribution < -0.4 is 15.4 Å². The van der Waals surface area contributed by atoms with Crippen LogP contribution in [0.25, 0.3) is 0 Å². The fourth-order valence-corrected chi connectivity index (χ4v) is 2.11. The normalized spacial score (nSPS) is 20.2. The van der Waals surface area contributed by atoms with Crippen molar-refractivity contribution in [1.82, 2.24) is 5.32 Å². The Labute approximate surface area is 127 Å². The average Bonchev–Trinajstić information content (AvgIpc) is 2.45. The zero-order chi connectivity index (χ0) is 15.5. The van der Waals surface area contributed by atoms with Crippen LogP contribution in [-0.4, -0.2) is 37.7 Å². The number of hydrogen-bond donors (Lipinski definition) is 2. The van der Waals surface area contributed by atoms with Crippen molar-refractivity contribution in [3.8, 4) is 5.75 Å². The molecule has 2 rings (SSSR count). The third-order valence-electron chi connectivity index (χ3n) is 3.18. The van der Waals surface area contributed by atoms with Gasteiger partial charge in [-0.3, -0.25) is 9.59 Å². The largest absolute Gasteiger partial charge is 0.466 e. The zero-order valence-corrected chi connectivity index (χ0v) is 12.6. The summed E-state index contributed by atoms with van der Waals surface area (Å²) in [5, 5.41) is 5.79. The minimum atomic E-state index is -1.60. The summed E-state index contributed by atoms with van der Waals surface area (Å²) in [7, 11) is 1.59. The highest BCUT2D eigenvalue weighted by atomic mass is 35.5. The van der Waals surface area contributed by atoms with E-state index in [4.69, 9.17) is 21.1 Å². The molecule has 0 saturated carbocycles. The summed E-state index contributed by atoms with van der Waals surface area (Å²) in [6.45, 7) is 2.38. The van der Waals surface area contributed by atoms with E-state index in [2.05, 4.69) is 10.6 Å². The molecular formula is C14H17ClN2O4. The first-order valence-corrected chi connectivity index (χ1v) is 6.92. The maximum Gasteiger partial charge on any atom is 0.278 e. The van der Waals surface area contributed by atoms with Gasteiger partial charge in [0.25, 0.3) is 17.4 Å². The highest BCUT2D eigenvalue weighted by Crippen LogP contribution is 2.35. The first-order valence-electron chi connectivity index (χ1n) is 6.54. The lowest BCUT2D eigenvalue weighted by Gasteiger charge is -2.33. The first kappa shape index (κ1) is 15.6. The predicted octanol–water partition coefficient (Wildman–Crippen LogP) is 1.58. The Balaban J connectivity index is 2.10. The van der Waals surface area contributed by atoms with Crippen molar-refractivity contribution < 1.29 is 19.1 Å². The SMILES string of the molecule is COCCCNC(=O)[C@]1(C)Oc2ccc(Cl)cc2NC1=O. The molecule has 1 heterocycles. The average molecular weight is 313 g/mol. The van der Waals surface area contributed by atoms with Gasteiger partial charge in [0.05, 0.1) is 5.69 Å². The Morgan fingerprint density at radius 1 is 1.52 bits per heavy atom. The molecule has 1 atom stereocenters. The topological polar surface area (TPSA) is 76.7 Å². The van der Waals surface area contributed by atoms with Crippen LogP contribution in [0, 0.1) is 0 Å². The smallest absolute Gasteiger partial charge is 0.278 e. The Hall–Kier alpha value is -1.79. The number of rotatable bonds is 5. The van der Waals surface area contributed by atoms with Crippen LogP contribution in [0.4, 0.5) is 5.69 Å². The van der Waals surface area contributed by atoms with E-state index in [1.807, 2.05) is 0 Å². The van der Waals surface area contributed by atoms with E-state index < -0.39 is 17.4 Å². The number of carbonyl (C=O) groups excluding carboxylic acids is 2. The molecule has 1 aromatic rings. The quantitative estimate of drug-likeness (QED) is 0.639. The second kappa shape index (κ2) is 6.32. The van der Waals surface area contributed by atoms with E-state index in [0.717, 1.165) is 0 Å². The molecule has 6 nitrogen and oxygen atoms in total. The van der Waals surface area contributed by atoms with Gasteiger partial charge in [-0.15, -0.1) is 0 Å². The minimum absolute atomic E-state index is 0.409. The van der Waals surface area contributed by atoms with E-state index in [1.165, 1.54) is 6.92 Å². The predicted molar refractivity (Wildman–Crippen MR) is 78.6 cm³/mol. The molecule has 0 unspecified atom stereocenters. The van der Waals surface area contributed by atoms with Gasteiger partial charge in [-0.05, 0) is 31.5 Å². The third-order valence-corrected chi connectivity index (χ3v) is 3.42.